The van der Waals surface area contributed by atoms with Crippen molar-refractivity contribution in [2.45, 2.75) is 19.8 Å². The summed E-state index contributed by atoms with van der Waals surface area (Å²) in [6, 6.07) is 0. The first-order chi connectivity index (χ1) is 5.38. The van der Waals surface area contributed by atoms with Crippen LogP contribution in [0.4, 0.5) is 0 Å². The maximum atomic E-state index is 5.42. The van der Waals surface area contributed by atoms with Gasteiger partial charge in [0.15, 0.2) is 0 Å². The van der Waals surface area contributed by atoms with Crippen LogP contribution in [-0.4, -0.2) is 26.8 Å². The zero-order valence-corrected chi connectivity index (χ0v) is 7.60. The molecule has 2 heteroatoms. The van der Waals surface area contributed by atoms with Crippen LogP contribution < -0.4 is 5.32 Å². The van der Waals surface area contributed by atoms with E-state index in [1.54, 1.807) is 0 Å². The highest BCUT2D eigenvalue weighted by Crippen LogP contribution is 2.23. The molecule has 11 heavy (non-hydrogen) atoms. The molecule has 1 aliphatic rings. The lowest BCUT2D eigenvalue weighted by molar-refractivity contribution is 0.0161. The summed E-state index contributed by atoms with van der Waals surface area (Å²) in [4.78, 5) is 0. The molecular weight excluding hydrogens is 138 g/mol. The van der Waals surface area contributed by atoms with Crippen LogP contribution in [0.5, 0.6) is 0 Å². The summed E-state index contributed by atoms with van der Waals surface area (Å²) in [5.74, 6) is 1.63. The monoisotopic (exact) mass is 157 g/mol. The molecule has 0 aromatic carbocycles. The highest BCUT2D eigenvalue weighted by molar-refractivity contribution is 4.73. The van der Waals surface area contributed by atoms with Crippen molar-refractivity contribution in [1.29, 1.82) is 0 Å². The molecule has 1 aliphatic heterocycles. The van der Waals surface area contributed by atoms with Crippen LogP contribution in [-0.2, 0) is 4.74 Å². The van der Waals surface area contributed by atoms with Crippen molar-refractivity contribution in [2.24, 2.45) is 11.8 Å². The zero-order valence-electron chi connectivity index (χ0n) is 7.60. The number of nitrogens with one attached hydrogen (secondary N) is 1. The van der Waals surface area contributed by atoms with Gasteiger partial charge in [0.1, 0.15) is 0 Å². The second kappa shape index (κ2) is 4.73. The van der Waals surface area contributed by atoms with E-state index in [2.05, 4.69) is 12.2 Å². The summed E-state index contributed by atoms with van der Waals surface area (Å²) in [6.07, 6.45) is 2.49. The van der Waals surface area contributed by atoms with Gasteiger partial charge in [-0.05, 0) is 31.8 Å². The van der Waals surface area contributed by atoms with Crippen molar-refractivity contribution in [2.75, 3.05) is 26.8 Å². The van der Waals surface area contributed by atoms with E-state index < -0.39 is 0 Å². The Labute approximate surface area is 69.3 Å². The molecule has 1 heterocycles. The van der Waals surface area contributed by atoms with Gasteiger partial charge in [-0.2, -0.15) is 0 Å². The van der Waals surface area contributed by atoms with E-state index >= 15 is 0 Å². The minimum atomic E-state index is 0.788. The molecule has 1 saturated heterocycles. The second-order valence-corrected chi connectivity index (χ2v) is 3.35. The van der Waals surface area contributed by atoms with Crippen LogP contribution in [0.1, 0.15) is 19.8 Å². The summed E-state index contributed by atoms with van der Waals surface area (Å²) in [6.45, 7) is 5.34. The molecule has 0 aromatic rings. The van der Waals surface area contributed by atoms with Gasteiger partial charge >= 0.3 is 0 Å². The average molecular weight is 157 g/mol. The quantitative estimate of drug-likeness (QED) is 0.666. The molecular formula is C9H19NO. The maximum Gasteiger partial charge on any atom is 0.0497 e. The molecule has 66 valence electrons. The first-order valence-electron chi connectivity index (χ1n) is 4.60. The SMILES string of the molecule is CCC1COCCC1CNC. The van der Waals surface area contributed by atoms with E-state index in [0.717, 1.165) is 31.6 Å². The zero-order chi connectivity index (χ0) is 8.10. The van der Waals surface area contributed by atoms with Crippen LogP contribution in [0.15, 0.2) is 0 Å². The Kier molecular flexibility index (Phi) is 3.87. The first kappa shape index (κ1) is 9.01. The molecule has 0 bridgehead atoms. The summed E-state index contributed by atoms with van der Waals surface area (Å²) in [7, 11) is 2.03. The highest BCUT2D eigenvalue weighted by Gasteiger charge is 2.22. The fraction of sp³-hybridized carbons (Fsp3) is 1.00. The van der Waals surface area contributed by atoms with Crippen molar-refractivity contribution < 1.29 is 4.74 Å². The minimum absolute atomic E-state index is 0.788. The van der Waals surface area contributed by atoms with Crippen molar-refractivity contribution >= 4 is 0 Å². The summed E-state index contributed by atoms with van der Waals surface area (Å²) < 4.78 is 5.42. The lowest BCUT2D eigenvalue weighted by Crippen LogP contribution is -2.33. The first-order valence-corrected chi connectivity index (χ1v) is 4.60. The van der Waals surface area contributed by atoms with E-state index in [0.29, 0.717) is 0 Å². The van der Waals surface area contributed by atoms with Gasteiger partial charge in [0, 0.05) is 13.2 Å². The largest absolute Gasteiger partial charge is 0.381 e. The smallest absolute Gasteiger partial charge is 0.0497 e. The van der Waals surface area contributed by atoms with Crippen LogP contribution in [0.2, 0.25) is 0 Å². The van der Waals surface area contributed by atoms with E-state index in [-0.39, 0.29) is 0 Å². The van der Waals surface area contributed by atoms with E-state index in [1.165, 1.54) is 12.8 Å². The Morgan fingerprint density at radius 2 is 2.27 bits per heavy atom. The lowest BCUT2D eigenvalue weighted by Gasteiger charge is -2.30. The van der Waals surface area contributed by atoms with Gasteiger partial charge in [-0.3, -0.25) is 0 Å². The van der Waals surface area contributed by atoms with Crippen molar-refractivity contribution in [3.8, 4) is 0 Å². The molecule has 1 rings (SSSR count). The van der Waals surface area contributed by atoms with Crippen molar-refractivity contribution in [3.05, 3.63) is 0 Å². The number of hydrogen-bond donors (Lipinski definition) is 1. The maximum absolute atomic E-state index is 5.42. The van der Waals surface area contributed by atoms with Crippen LogP contribution in [0, 0.1) is 11.8 Å². The van der Waals surface area contributed by atoms with Crippen LogP contribution in [0.3, 0.4) is 0 Å². The third-order valence-corrected chi connectivity index (χ3v) is 2.62. The van der Waals surface area contributed by atoms with Crippen molar-refractivity contribution in [1.82, 2.24) is 5.32 Å². The molecule has 0 amide bonds. The molecule has 1 N–H and O–H groups in total. The fourth-order valence-electron chi connectivity index (χ4n) is 1.82. The summed E-state index contributed by atoms with van der Waals surface area (Å²) in [5, 5.41) is 3.25. The van der Waals surface area contributed by atoms with Gasteiger partial charge in [-0.1, -0.05) is 13.3 Å². The summed E-state index contributed by atoms with van der Waals surface area (Å²) in [5.41, 5.74) is 0. The normalized spacial score (nSPS) is 32.2. The Balaban J connectivity index is 2.31. The predicted octanol–water partition coefficient (Wildman–Crippen LogP) is 1.27. The summed E-state index contributed by atoms with van der Waals surface area (Å²) >= 11 is 0. The topological polar surface area (TPSA) is 21.3 Å². The van der Waals surface area contributed by atoms with Gasteiger partial charge in [-0.25, -0.2) is 0 Å². The van der Waals surface area contributed by atoms with Gasteiger partial charge in [0.25, 0.3) is 0 Å². The standard InChI is InChI=1S/C9H19NO/c1-3-8-7-11-5-4-9(8)6-10-2/h8-10H,3-7H2,1-2H3. The predicted molar refractivity (Wildman–Crippen MR) is 46.6 cm³/mol. The number of rotatable bonds is 3. The third kappa shape index (κ3) is 2.46. The number of ether oxygens (including phenoxy) is 1. The second-order valence-electron chi connectivity index (χ2n) is 3.35. The van der Waals surface area contributed by atoms with Gasteiger partial charge in [0.2, 0.25) is 0 Å². The molecule has 2 nitrogen and oxygen atoms in total. The van der Waals surface area contributed by atoms with E-state index in [9.17, 15) is 0 Å². The molecule has 0 saturated carbocycles. The lowest BCUT2D eigenvalue weighted by atomic mass is 9.86. The molecule has 0 aliphatic carbocycles. The van der Waals surface area contributed by atoms with Crippen molar-refractivity contribution in [3.63, 3.8) is 0 Å². The average Bonchev–Trinajstić information content (AvgIpc) is 2.06. The van der Waals surface area contributed by atoms with Gasteiger partial charge < -0.3 is 10.1 Å². The Morgan fingerprint density at radius 3 is 2.91 bits per heavy atom. The van der Waals surface area contributed by atoms with Gasteiger partial charge in [0.05, 0.1) is 0 Å². The van der Waals surface area contributed by atoms with E-state index in [4.69, 9.17) is 4.74 Å². The Bertz CT molecular complexity index is 104. The van der Waals surface area contributed by atoms with Crippen LogP contribution >= 0.6 is 0 Å². The Morgan fingerprint density at radius 1 is 1.45 bits per heavy atom. The number of hydrogen-bond acceptors (Lipinski definition) is 2. The fourth-order valence-corrected chi connectivity index (χ4v) is 1.82. The highest BCUT2D eigenvalue weighted by atomic mass is 16.5. The molecule has 1 fully saturated rings. The molecule has 0 spiro atoms. The molecule has 0 aromatic heterocycles. The minimum Gasteiger partial charge on any atom is -0.381 e. The third-order valence-electron chi connectivity index (χ3n) is 2.62. The van der Waals surface area contributed by atoms with Gasteiger partial charge in [-0.15, -0.1) is 0 Å². The molecule has 2 atom stereocenters. The van der Waals surface area contributed by atoms with E-state index in [1.807, 2.05) is 7.05 Å². The molecule has 2 unspecified atom stereocenters. The van der Waals surface area contributed by atoms with Crippen LogP contribution in [0.25, 0.3) is 0 Å². The molecule has 0 radical (unpaired) electrons. The Hall–Kier alpha value is -0.0800.